The van der Waals surface area contributed by atoms with Gasteiger partial charge in [0.2, 0.25) is 0 Å². The third-order valence-electron chi connectivity index (χ3n) is 5.65. The lowest BCUT2D eigenvalue weighted by Crippen LogP contribution is -2.54. The highest BCUT2D eigenvalue weighted by Gasteiger charge is 2.48. The number of hydrogen-bond donors (Lipinski definition) is 1. The zero-order valence-electron chi connectivity index (χ0n) is 13.5. The average Bonchev–Trinajstić information content (AvgIpc) is 3.26. The molecule has 1 aliphatic carbocycles. The number of hydrogen-bond acceptors (Lipinski definition) is 3. The number of nitriles is 1. The lowest BCUT2D eigenvalue weighted by atomic mass is 9.82. The fourth-order valence-electron chi connectivity index (χ4n) is 3.76. The van der Waals surface area contributed by atoms with E-state index in [4.69, 9.17) is 0 Å². The van der Waals surface area contributed by atoms with Crippen molar-refractivity contribution in [2.45, 2.75) is 64.8 Å². The van der Waals surface area contributed by atoms with Crippen molar-refractivity contribution in [3.05, 3.63) is 0 Å². The van der Waals surface area contributed by atoms with Crippen LogP contribution in [0.2, 0.25) is 0 Å². The Hall–Kier alpha value is -0.590. The standard InChI is InChI=1S/C17H31N3/c1-4-10-19-17(12-18,15-7-8-15)14-20-11-9-16(5-2,6-3)13-20/h15,19H,4-11,13-14H2,1-3H3. The Kier molecular flexibility index (Phi) is 5.09. The molecule has 2 fully saturated rings. The molecule has 0 aromatic carbocycles. The zero-order valence-corrected chi connectivity index (χ0v) is 13.5. The van der Waals surface area contributed by atoms with Crippen molar-refractivity contribution < 1.29 is 0 Å². The Morgan fingerprint density at radius 1 is 1.30 bits per heavy atom. The Morgan fingerprint density at radius 3 is 2.45 bits per heavy atom. The molecule has 3 nitrogen and oxygen atoms in total. The summed E-state index contributed by atoms with van der Waals surface area (Å²) in [6.07, 6.45) is 7.40. The second kappa shape index (κ2) is 6.45. The largest absolute Gasteiger partial charge is 0.300 e. The van der Waals surface area contributed by atoms with Crippen molar-refractivity contribution in [1.29, 1.82) is 5.26 Å². The van der Waals surface area contributed by atoms with E-state index in [0.717, 1.165) is 19.5 Å². The first-order valence-electron chi connectivity index (χ1n) is 8.52. The van der Waals surface area contributed by atoms with Gasteiger partial charge in [0.05, 0.1) is 6.07 Å². The summed E-state index contributed by atoms with van der Waals surface area (Å²) in [5, 5.41) is 13.4. The monoisotopic (exact) mass is 277 g/mol. The Labute approximate surface area is 124 Å². The van der Waals surface area contributed by atoms with Gasteiger partial charge in [-0.25, -0.2) is 0 Å². The van der Waals surface area contributed by atoms with Crippen molar-refractivity contribution in [1.82, 2.24) is 10.2 Å². The van der Waals surface area contributed by atoms with E-state index >= 15 is 0 Å². The molecule has 2 aliphatic rings. The molecule has 0 spiro atoms. The summed E-state index contributed by atoms with van der Waals surface area (Å²) in [5.41, 5.74) is 0.225. The van der Waals surface area contributed by atoms with E-state index in [2.05, 4.69) is 37.1 Å². The molecule has 1 aliphatic heterocycles. The third kappa shape index (κ3) is 3.18. The summed E-state index contributed by atoms with van der Waals surface area (Å²) < 4.78 is 0. The number of nitrogens with zero attached hydrogens (tertiary/aromatic N) is 2. The molecular formula is C17H31N3. The Balaban J connectivity index is 2.00. The van der Waals surface area contributed by atoms with Gasteiger partial charge in [-0.15, -0.1) is 0 Å². The first-order chi connectivity index (χ1) is 9.63. The van der Waals surface area contributed by atoms with E-state index in [1.807, 2.05) is 0 Å². The SMILES string of the molecule is CCCNC(C#N)(CN1CCC(CC)(CC)C1)C1CC1. The number of nitrogens with one attached hydrogen (secondary N) is 1. The fourth-order valence-corrected chi connectivity index (χ4v) is 3.76. The van der Waals surface area contributed by atoms with Crippen molar-refractivity contribution in [2.75, 3.05) is 26.2 Å². The van der Waals surface area contributed by atoms with E-state index in [9.17, 15) is 5.26 Å². The van der Waals surface area contributed by atoms with Crippen molar-refractivity contribution in [2.24, 2.45) is 11.3 Å². The first kappa shape index (κ1) is 15.8. The lowest BCUT2D eigenvalue weighted by Gasteiger charge is -2.34. The topological polar surface area (TPSA) is 39.1 Å². The van der Waals surface area contributed by atoms with Gasteiger partial charge in [0.25, 0.3) is 0 Å². The maximum absolute atomic E-state index is 9.78. The summed E-state index contributed by atoms with van der Waals surface area (Å²) in [5.74, 6) is 0.581. The quantitative estimate of drug-likeness (QED) is 0.740. The second-order valence-electron chi connectivity index (χ2n) is 6.95. The number of rotatable bonds is 8. The molecule has 1 N–H and O–H groups in total. The van der Waals surface area contributed by atoms with E-state index < -0.39 is 0 Å². The van der Waals surface area contributed by atoms with Gasteiger partial charge in [0.15, 0.2) is 0 Å². The molecule has 2 rings (SSSR count). The second-order valence-corrected chi connectivity index (χ2v) is 6.95. The van der Waals surface area contributed by atoms with Crippen molar-refractivity contribution in [3.63, 3.8) is 0 Å². The van der Waals surface area contributed by atoms with Gasteiger partial charge < -0.3 is 0 Å². The van der Waals surface area contributed by atoms with E-state index in [1.54, 1.807) is 0 Å². The molecule has 1 heterocycles. The fraction of sp³-hybridized carbons (Fsp3) is 0.941. The van der Waals surface area contributed by atoms with Crippen LogP contribution in [-0.2, 0) is 0 Å². The Bertz CT molecular complexity index is 352. The summed E-state index contributed by atoms with van der Waals surface area (Å²) in [6, 6.07) is 2.65. The van der Waals surface area contributed by atoms with Crippen molar-refractivity contribution in [3.8, 4) is 6.07 Å². The predicted molar refractivity (Wildman–Crippen MR) is 83.4 cm³/mol. The molecule has 1 atom stereocenters. The van der Waals surface area contributed by atoms with Crippen LogP contribution in [-0.4, -0.2) is 36.6 Å². The summed E-state index contributed by atoms with van der Waals surface area (Å²) in [7, 11) is 0. The maximum Gasteiger partial charge on any atom is 0.122 e. The molecule has 20 heavy (non-hydrogen) atoms. The molecule has 0 amide bonds. The van der Waals surface area contributed by atoms with Crippen LogP contribution < -0.4 is 5.32 Å². The van der Waals surface area contributed by atoms with Gasteiger partial charge in [-0.2, -0.15) is 5.26 Å². The minimum absolute atomic E-state index is 0.284. The lowest BCUT2D eigenvalue weighted by molar-refractivity contribution is 0.193. The average molecular weight is 277 g/mol. The van der Waals surface area contributed by atoms with Gasteiger partial charge in [-0.3, -0.25) is 10.2 Å². The molecule has 1 unspecified atom stereocenters. The number of likely N-dealkylation sites (tertiary alicyclic amines) is 1. The summed E-state index contributed by atoms with van der Waals surface area (Å²) >= 11 is 0. The van der Waals surface area contributed by atoms with Gasteiger partial charge >= 0.3 is 0 Å². The third-order valence-corrected chi connectivity index (χ3v) is 5.65. The van der Waals surface area contributed by atoms with Gasteiger partial charge in [-0.05, 0) is 62.9 Å². The minimum Gasteiger partial charge on any atom is -0.300 e. The van der Waals surface area contributed by atoms with Crippen LogP contribution >= 0.6 is 0 Å². The minimum atomic E-state index is -0.284. The van der Waals surface area contributed by atoms with Crippen LogP contribution in [0.25, 0.3) is 0 Å². The highest BCUT2D eigenvalue weighted by molar-refractivity contribution is 5.17. The molecule has 114 valence electrons. The van der Waals surface area contributed by atoms with E-state index in [0.29, 0.717) is 11.3 Å². The van der Waals surface area contributed by atoms with E-state index in [-0.39, 0.29) is 5.54 Å². The highest BCUT2D eigenvalue weighted by Crippen LogP contribution is 2.42. The molecule has 1 saturated carbocycles. The molecule has 0 radical (unpaired) electrons. The predicted octanol–water partition coefficient (Wildman–Crippen LogP) is 3.17. The van der Waals surface area contributed by atoms with Crippen LogP contribution in [0, 0.1) is 22.7 Å². The van der Waals surface area contributed by atoms with Crippen LogP contribution in [0.1, 0.15) is 59.3 Å². The van der Waals surface area contributed by atoms with Gasteiger partial charge in [0.1, 0.15) is 5.54 Å². The van der Waals surface area contributed by atoms with E-state index in [1.165, 1.54) is 45.2 Å². The molecular weight excluding hydrogens is 246 g/mol. The molecule has 3 heteroatoms. The Morgan fingerprint density at radius 2 is 2.00 bits per heavy atom. The van der Waals surface area contributed by atoms with Crippen LogP contribution in [0.4, 0.5) is 0 Å². The smallest absolute Gasteiger partial charge is 0.122 e. The summed E-state index contributed by atoms with van der Waals surface area (Å²) in [4.78, 5) is 2.55. The van der Waals surface area contributed by atoms with Crippen LogP contribution in [0.5, 0.6) is 0 Å². The van der Waals surface area contributed by atoms with Crippen LogP contribution in [0.3, 0.4) is 0 Å². The maximum atomic E-state index is 9.78. The highest BCUT2D eigenvalue weighted by atomic mass is 15.2. The molecule has 1 saturated heterocycles. The van der Waals surface area contributed by atoms with Crippen LogP contribution in [0.15, 0.2) is 0 Å². The molecule has 0 aromatic rings. The summed E-state index contributed by atoms with van der Waals surface area (Å²) in [6.45, 7) is 11.1. The molecule has 0 aromatic heterocycles. The normalized spacial score (nSPS) is 25.3. The first-order valence-corrected chi connectivity index (χ1v) is 8.52. The van der Waals surface area contributed by atoms with Gasteiger partial charge in [0, 0.05) is 13.1 Å². The van der Waals surface area contributed by atoms with Gasteiger partial charge in [-0.1, -0.05) is 20.8 Å². The zero-order chi connectivity index (χ0) is 14.6. The van der Waals surface area contributed by atoms with Crippen molar-refractivity contribution >= 4 is 0 Å². The molecule has 0 bridgehead atoms.